The quantitative estimate of drug-likeness (QED) is 0.130. The van der Waals surface area contributed by atoms with E-state index in [9.17, 15) is 20.0 Å². The van der Waals surface area contributed by atoms with Gasteiger partial charge in [-0.1, -0.05) is 71.1 Å². The van der Waals surface area contributed by atoms with Gasteiger partial charge in [-0.3, -0.25) is 10.1 Å². The molecule has 0 radical (unpaired) electrons. The van der Waals surface area contributed by atoms with Crippen LogP contribution in [0, 0.1) is 10.1 Å². The van der Waals surface area contributed by atoms with Crippen LogP contribution in [0.15, 0.2) is 12.1 Å². The normalized spacial score (nSPS) is 10.7. The molecule has 0 aliphatic rings. The number of carbonyl (C=O) groups is 1. The minimum Gasteiger partial charge on any atom is -0.499 e. The smallest absolute Gasteiger partial charge is 0.499 e. The number of nitro benzene ring substituents is 1. The maximum absolute atomic E-state index is 11.2. The van der Waals surface area contributed by atoms with Gasteiger partial charge in [0.15, 0.2) is 5.75 Å². The molecule has 1 aromatic rings. The van der Waals surface area contributed by atoms with E-state index < -0.39 is 28.3 Å². The number of nitrogens with zero attached hydrogens (tertiary/aromatic N) is 1. The van der Waals surface area contributed by atoms with Crippen molar-refractivity contribution in [2.45, 2.75) is 84.0 Å². The number of aryl methyl sites for hydroxylation is 1. The lowest BCUT2D eigenvalue weighted by atomic mass is 10.0. The van der Waals surface area contributed by atoms with E-state index in [2.05, 4.69) is 11.7 Å². The van der Waals surface area contributed by atoms with Crippen molar-refractivity contribution in [1.82, 2.24) is 0 Å². The summed E-state index contributed by atoms with van der Waals surface area (Å²) >= 11 is 0. The third-order valence-corrected chi connectivity index (χ3v) is 4.63. The minimum absolute atomic E-state index is 0.395. The summed E-state index contributed by atoms with van der Waals surface area (Å²) in [5.74, 6) is -1.15. The Kier molecular flexibility index (Phi) is 10.9. The molecule has 0 spiro atoms. The van der Waals surface area contributed by atoms with Crippen molar-refractivity contribution >= 4 is 11.8 Å². The Labute approximate surface area is 160 Å². The van der Waals surface area contributed by atoms with Crippen molar-refractivity contribution < 1.29 is 24.7 Å². The molecule has 0 fully saturated rings. The molecule has 0 aliphatic heterocycles. The number of hydrogen-bond donors (Lipinski definition) is 2. The van der Waals surface area contributed by atoms with Gasteiger partial charge >= 0.3 is 11.8 Å². The molecule has 0 saturated carbocycles. The fourth-order valence-electron chi connectivity index (χ4n) is 3.16. The van der Waals surface area contributed by atoms with Crippen LogP contribution >= 0.6 is 0 Å². The molecule has 0 bridgehead atoms. The molecular weight excluding hydrogens is 350 g/mol. The molecule has 27 heavy (non-hydrogen) atoms. The summed E-state index contributed by atoms with van der Waals surface area (Å²) in [6.45, 7) is 2.22. The molecule has 0 amide bonds. The Hall–Kier alpha value is -2.31. The molecule has 0 saturated heterocycles. The van der Waals surface area contributed by atoms with Crippen LogP contribution in [0.2, 0.25) is 0 Å². The second-order valence-electron chi connectivity index (χ2n) is 6.83. The van der Waals surface area contributed by atoms with Gasteiger partial charge in [0.1, 0.15) is 0 Å². The number of phenolic OH excluding ortho intramolecular Hbond substituents is 1. The Morgan fingerprint density at radius 3 is 2.00 bits per heavy atom. The Balaban J connectivity index is 2.35. The molecule has 0 unspecified atom stereocenters. The number of phenols is 1. The van der Waals surface area contributed by atoms with Crippen molar-refractivity contribution in [3.05, 3.63) is 27.8 Å². The number of nitro groups is 1. The van der Waals surface area contributed by atoms with E-state index >= 15 is 0 Å². The summed E-state index contributed by atoms with van der Waals surface area (Å²) in [7, 11) is 0. The first-order valence-electron chi connectivity index (χ1n) is 9.87. The maximum Gasteiger partial charge on any atom is 0.511 e. The zero-order valence-electron chi connectivity index (χ0n) is 16.1. The van der Waals surface area contributed by atoms with Gasteiger partial charge in [-0.15, -0.1) is 0 Å². The predicted molar refractivity (Wildman–Crippen MR) is 104 cm³/mol. The van der Waals surface area contributed by atoms with Crippen LogP contribution in [-0.2, 0) is 6.42 Å². The van der Waals surface area contributed by atoms with Crippen molar-refractivity contribution in [2.75, 3.05) is 0 Å². The van der Waals surface area contributed by atoms with Gasteiger partial charge in [-0.2, -0.15) is 0 Å². The van der Waals surface area contributed by atoms with Crippen molar-refractivity contribution in [1.29, 1.82) is 0 Å². The van der Waals surface area contributed by atoms with Gasteiger partial charge in [0.25, 0.3) is 0 Å². The number of carboxylic acid groups (broad SMARTS) is 1. The van der Waals surface area contributed by atoms with Gasteiger partial charge in [-0.05, 0) is 25.0 Å². The summed E-state index contributed by atoms with van der Waals surface area (Å²) in [5, 5.41) is 29.8. The number of benzene rings is 1. The summed E-state index contributed by atoms with van der Waals surface area (Å²) < 4.78 is 4.36. The molecule has 2 N–H and O–H groups in total. The first-order chi connectivity index (χ1) is 13.0. The third kappa shape index (κ3) is 8.75. The van der Waals surface area contributed by atoms with E-state index in [-0.39, 0.29) is 0 Å². The lowest BCUT2D eigenvalue weighted by Gasteiger charge is -2.08. The standard InChI is InChI=1S/C20H31NO6/c1-2-3-4-5-6-7-8-9-10-11-12-13-16-14-15-17(27-20(23)24)19(22)18(16)21(25)26/h14-15,22H,2-13H2,1H3,(H,23,24). The van der Waals surface area contributed by atoms with E-state index in [0.717, 1.165) is 19.3 Å². The Morgan fingerprint density at radius 2 is 1.52 bits per heavy atom. The lowest BCUT2D eigenvalue weighted by molar-refractivity contribution is -0.386. The molecule has 0 heterocycles. The van der Waals surface area contributed by atoms with Crippen LogP contribution in [0.3, 0.4) is 0 Å². The molecule has 0 aliphatic carbocycles. The third-order valence-electron chi connectivity index (χ3n) is 4.63. The second-order valence-corrected chi connectivity index (χ2v) is 6.83. The summed E-state index contributed by atoms with van der Waals surface area (Å²) in [5.41, 5.74) is -0.0769. The van der Waals surface area contributed by atoms with E-state index in [1.807, 2.05) is 0 Å². The summed E-state index contributed by atoms with van der Waals surface area (Å²) in [6.07, 6.45) is 11.9. The van der Waals surface area contributed by atoms with Crippen molar-refractivity contribution in [3.63, 3.8) is 0 Å². The van der Waals surface area contributed by atoms with Crippen LogP contribution < -0.4 is 4.74 Å². The first-order valence-corrected chi connectivity index (χ1v) is 9.87. The lowest BCUT2D eigenvalue weighted by Crippen LogP contribution is -2.05. The average Bonchev–Trinajstić information content (AvgIpc) is 2.61. The molecule has 0 atom stereocenters. The number of rotatable bonds is 14. The van der Waals surface area contributed by atoms with Crippen LogP contribution in [0.1, 0.15) is 83.1 Å². The first kappa shape index (κ1) is 22.7. The van der Waals surface area contributed by atoms with Gasteiger partial charge in [0.05, 0.1) is 4.92 Å². The average molecular weight is 381 g/mol. The summed E-state index contributed by atoms with van der Waals surface area (Å²) in [6, 6.07) is 2.71. The van der Waals surface area contributed by atoms with Crippen molar-refractivity contribution in [3.8, 4) is 11.5 Å². The Morgan fingerprint density at radius 1 is 1.00 bits per heavy atom. The van der Waals surface area contributed by atoms with E-state index in [1.54, 1.807) is 0 Å². The van der Waals surface area contributed by atoms with E-state index in [4.69, 9.17) is 5.11 Å². The monoisotopic (exact) mass is 381 g/mol. The van der Waals surface area contributed by atoms with Crippen molar-refractivity contribution in [2.24, 2.45) is 0 Å². The molecule has 7 heteroatoms. The molecule has 152 valence electrons. The van der Waals surface area contributed by atoms with Crippen LogP contribution in [0.5, 0.6) is 11.5 Å². The van der Waals surface area contributed by atoms with Crippen LogP contribution in [0.25, 0.3) is 0 Å². The number of hydrogen-bond acceptors (Lipinski definition) is 5. The zero-order chi connectivity index (χ0) is 20.1. The van der Waals surface area contributed by atoms with Gasteiger partial charge < -0.3 is 14.9 Å². The van der Waals surface area contributed by atoms with Crippen LogP contribution in [-0.4, -0.2) is 21.3 Å². The van der Waals surface area contributed by atoms with E-state index in [1.165, 1.54) is 63.5 Å². The van der Waals surface area contributed by atoms with Gasteiger partial charge in [-0.25, -0.2) is 4.79 Å². The molecule has 0 aromatic heterocycles. The zero-order valence-corrected chi connectivity index (χ0v) is 16.1. The highest BCUT2D eigenvalue weighted by atomic mass is 16.7. The topological polar surface area (TPSA) is 110 Å². The molecule has 1 rings (SSSR count). The highest BCUT2D eigenvalue weighted by Crippen LogP contribution is 2.39. The van der Waals surface area contributed by atoms with Gasteiger partial charge in [0.2, 0.25) is 5.75 Å². The molecule has 1 aromatic carbocycles. The summed E-state index contributed by atoms with van der Waals surface area (Å²) in [4.78, 5) is 21.1. The number of unbranched alkanes of at least 4 members (excludes halogenated alkanes) is 10. The molecule has 7 nitrogen and oxygen atoms in total. The van der Waals surface area contributed by atoms with Crippen LogP contribution in [0.4, 0.5) is 10.5 Å². The number of ether oxygens (including phenoxy) is 1. The predicted octanol–water partition coefficient (Wildman–Crippen LogP) is 6.21. The fourth-order valence-corrected chi connectivity index (χ4v) is 3.16. The second kappa shape index (κ2) is 12.9. The highest BCUT2D eigenvalue weighted by molar-refractivity contribution is 5.67. The van der Waals surface area contributed by atoms with Gasteiger partial charge in [0, 0.05) is 5.56 Å². The number of aromatic hydroxyl groups is 1. The fraction of sp³-hybridized carbons (Fsp3) is 0.650. The largest absolute Gasteiger partial charge is 0.511 e. The minimum atomic E-state index is -1.63. The Bertz CT molecular complexity index is 602. The van der Waals surface area contributed by atoms with E-state index in [0.29, 0.717) is 12.0 Å². The highest BCUT2D eigenvalue weighted by Gasteiger charge is 2.24. The SMILES string of the molecule is CCCCCCCCCCCCCc1ccc(OC(=O)O)c(O)c1[N+](=O)[O-]. The maximum atomic E-state index is 11.2. The molecular formula is C20H31NO6.